The summed E-state index contributed by atoms with van der Waals surface area (Å²) in [6, 6.07) is 16.3. The van der Waals surface area contributed by atoms with Crippen LogP contribution >= 0.6 is 0 Å². The summed E-state index contributed by atoms with van der Waals surface area (Å²) in [5, 5.41) is 8.56. The van der Waals surface area contributed by atoms with Crippen LogP contribution in [0.5, 0.6) is 5.75 Å². The Hall–Kier alpha value is -2.67. The second-order valence-electron chi connectivity index (χ2n) is 6.36. The molecule has 0 bridgehead atoms. The summed E-state index contributed by atoms with van der Waals surface area (Å²) >= 11 is 0. The molecule has 4 N–H and O–H groups in total. The van der Waals surface area contributed by atoms with Crippen molar-refractivity contribution in [1.29, 1.82) is 0 Å². The van der Waals surface area contributed by atoms with Crippen LogP contribution in [0.3, 0.4) is 0 Å². The fourth-order valence-electron chi connectivity index (χ4n) is 3.11. The summed E-state index contributed by atoms with van der Waals surface area (Å²) < 4.78 is 11.3. The lowest BCUT2D eigenvalue weighted by Crippen LogP contribution is -2.38. The van der Waals surface area contributed by atoms with Crippen LogP contribution in [-0.4, -0.2) is 54.6 Å². The minimum Gasteiger partial charge on any atom is -0.492 e. The molecule has 1 fully saturated rings. The molecule has 142 valence electrons. The van der Waals surface area contributed by atoms with E-state index in [1.54, 1.807) is 0 Å². The molecule has 1 saturated heterocycles. The zero-order valence-corrected chi connectivity index (χ0v) is 15.4. The first-order valence-electron chi connectivity index (χ1n) is 9.03. The van der Waals surface area contributed by atoms with Gasteiger partial charge >= 0.3 is 0 Å². The summed E-state index contributed by atoms with van der Waals surface area (Å²) in [4.78, 5) is 2.37. The summed E-state index contributed by atoms with van der Waals surface area (Å²) in [6.45, 7) is 5.25. The van der Waals surface area contributed by atoms with E-state index in [0.717, 1.165) is 60.8 Å². The lowest BCUT2D eigenvalue weighted by Gasteiger charge is -2.26. The number of benzene rings is 2. The van der Waals surface area contributed by atoms with Gasteiger partial charge in [0.25, 0.3) is 0 Å². The molecule has 1 aliphatic rings. The first-order chi connectivity index (χ1) is 12.9. The minimum atomic E-state index is 0. The van der Waals surface area contributed by atoms with Crippen LogP contribution in [0.1, 0.15) is 11.3 Å². The number of rotatable bonds is 6. The number of nitrogens with one attached hydrogen (secondary N) is 1. The van der Waals surface area contributed by atoms with Gasteiger partial charge in [0.2, 0.25) is 0 Å². The van der Waals surface area contributed by atoms with Crippen molar-refractivity contribution in [1.82, 2.24) is 21.2 Å². The Morgan fingerprint density at radius 2 is 1.93 bits per heavy atom. The SMILES string of the molecule is C(=Cc1n[nH]c2ccccc12)c1cccc(OCCN2CCOCC2)c1.N. The van der Waals surface area contributed by atoms with E-state index in [-0.39, 0.29) is 6.15 Å². The van der Waals surface area contributed by atoms with Crippen molar-refractivity contribution < 1.29 is 9.47 Å². The number of aromatic nitrogens is 2. The number of hydrogen-bond donors (Lipinski definition) is 2. The summed E-state index contributed by atoms with van der Waals surface area (Å²) in [7, 11) is 0. The Morgan fingerprint density at radius 1 is 1.07 bits per heavy atom. The second-order valence-corrected chi connectivity index (χ2v) is 6.36. The Morgan fingerprint density at radius 3 is 2.81 bits per heavy atom. The van der Waals surface area contributed by atoms with Gasteiger partial charge in [-0.25, -0.2) is 0 Å². The van der Waals surface area contributed by atoms with Crippen molar-refractivity contribution in [2.75, 3.05) is 39.5 Å². The molecule has 0 aliphatic carbocycles. The molecule has 27 heavy (non-hydrogen) atoms. The van der Waals surface area contributed by atoms with Crippen LogP contribution in [0.4, 0.5) is 0 Å². The van der Waals surface area contributed by atoms with Crippen molar-refractivity contribution in [2.45, 2.75) is 0 Å². The van der Waals surface area contributed by atoms with Gasteiger partial charge in [0.15, 0.2) is 0 Å². The number of ether oxygens (including phenoxy) is 2. The Balaban J connectivity index is 0.00000210. The normalized spacial score (nSPS) is 15.1. The fraction of sp³-hybridized carbons (Fsp3) is 0.286. The van der Waals surface area contributed by atoms with E-state index in [0.29, 0.717) is 6.61 Å². The Labute approximate surface area is 159 Å². The summed E-state index contributed by atoms with van der Waals surface area (Å²) in [5.74, 6) is 0.896. The predicted molar refractivity (Wildman–Crippen MR) is 109 cm³/mol. The van der Waals surface area contributed by atoms with Crippen LogP contribution in [0, 0.1) is 0 Å². The molecule has 4 rings (SSSR count). The number of para-hydroxylation sites is 1. The molecule has 6 heteroatoms. The van der Waals surface area contributed by atoms with E-state index in [1.165, 1.54) is 0 Å². The molecule has 3 aromatic rings. The lowest BCUT2D eigenvalue weighted by molar-refractivity contribution is 0.0322. The Bertz CT molecular complexity index is 885. The number of nitrogens with zero attached hydrogens (tertiary/aromatic N) is 2. The van der Waals surface area contributed by atoms with E-state index in [1.807, 2.05) is 36.4 Å². The molecule has 0 unspecified atom stereocenters. The molecule has 6 nitrogen and oxygen atoms in total. The molecule has 0 saturated carbocycles. The van der Waals surface area contributed by atoms with Gasteiger partial charge in [-0.2, -0.15) is 5.10 Å². The van der Waals surface area contributed by atoms with E-state index in [9.17, 15) is 0 Å². The van der Waals surface area contributed by atoms with Gasteiger partial charge in [-0.3, -0.25) is 10.00 Å². The fourth-order valence-corrected chi connectivity index (χ4v) is 3.11. The van der Waals surface area contributed by atoms with Gasteiger partial charge in [-0.1, -0.05) is 36.4 Å². The van der Waals surface area contributed by atoms with Crippen molar-refractivity contribution in [3.63, 3.8) is 0 Å². The molecule has 0 spiro atoms. The summed E-state index contributed by atoms with van der Waals surface area (Å²) in [6.07, 6.45) is 4.10. The quantitative estimate of drug-likeness (QED) is 0.696. The molecular formula is C21H26N4O2. The molecule has 0 atom stereocenters. The van der Waals surface area contributed by atoms with Crippen molar-refractivity contribution in [3.8, 4) is 5.75 Å². The van der Waals surface area contributed by atoms with Crippen molar-refractivity contribution >= 4 is 23.1 Å². The lowest BCUT2D eigenvalue weighted by atomic mass is 10.1. The second kappa shape index (κ2) is 9.32. The standard InChI is InChI=1S/C21H23N3O2.H3N/c1-2-7-20-19(6-1)21(23-22-20)9-8-17-4-3-5-18(16-17)26-15-12-24-10-13-25-14-11-24;/h1-9,16H,10-15H2,(H,22,23);1H3. The monoisotopic (exact) mass is 366 g/mol. The zero-order chi connectivity index (χ0) is 17.6. The topological polar surface area (TPSA) is 85.4 Å². The predicted octanol–water partition coefficient (Wildman–Crippen LogP) is 3.61. The van der Waals surface area contributed by atoms with E-state index in [4.69, 9.17) is 9.47 Å². The van der Waals surface area contributed by atoms with Gasteiger partial charge in [0, 0.05) is 25.0 Å². The molecule has 1 aliphatic heterocycles. The van der Waals surface area contributed by atoms with E-state index < -0.39 is 0 Å². The van der Waals surface area contributed by atoms with Crippen LogP contribution in [-0.2, 0) is 4.74 Å². The minimum absolute atomic E-state index is 0. The maximum Gasteiger partial charge on any atom is 0.119 e. The van der Waals surface area contributed by atoms with Crippen LogP contribution in [0.15, 0.2) is 48.5 Å². The molecule has 2 heterocycles. The zero-order valence-electron chi connectivity index (χ0n) is 15.4. The van der Waals surface area contributed by atoms with Gasteiger partial charge in [0.05, 0.1) is 24.4 Å². The maximum absolute atomic E-state index is 5.92. The van der Waals surface area contributed by atoms with E-state index >= 15 is 0 Å². The third-order valence-electron chi connectivity index (χ3n) is 4.57. The molecule has 0 amide bonds. The average molecular weight is 366 g/mol. The number of aromatic amines is 1. The van der Waals surface area contributed by atoms with Crippen molar-refractivity contribution in [3.05, 3.63) is 59.8 Å². The molecule has 1 aromatic heterocycles. The number of H-pyrrole nitrogens is 1. The van der Waals surface area contributed by atoms with E-state index in [2.05, 4.69) is 39.4 Å². The smallest absolute Gasteiger partial charge is 0.119 e. The number of morpholine rings is 1. The molecule has 2 aromatic carbocycles. The highest BCUT2D eigenvalue weighted by Crippen LogP contribution is 2.19. The summed E-state index contributed by atoms with van der Waals surface area (Å²) in [5.41, 5.74) is 3.09. The van der Waals surface area contributed by atoms with Crippen LogP contribution in [0.25, 0.3) is 23.1 Å². The van der Waals surface area contributed by atoms with Gasteiger partial charge < -0.3 is 15.6 Å². The average Bonchev–Trinajstić information content (AvgIpc) is 3.11. The number of fused-ring (bicyclic) bond motifs is 1. The molecule has 0 radical (unpaired) electrons. The van der Waals surface area contributed by atoms with Crippen LogP contribution < -0.4 is 10.9 Å². The molecular weight excluding hydrogens is 340 g/mol. The van der Waals surface area contributed by atoms with Gasteiger partial charge in [-0.05, 0) is 29.8 Å². The van der Waals surface area contributed by atoms with Gasteiger partial charge in [0.1, 0.15) is 12.4 Å². The highest BCUT2D eigenvalue weighted by molar-refractivity contribution is 5.89. The van der Waals surface area contributed by atoms with Crippen molar-refractivity contribution in [2.24, 2.45) is 0 Å². The largest absolute Gasteiger partial charge is 0.492 e. The first-order valence-corrected chi connectivity index (χ1v) is 9.03. The highest BCUT2D eigenvalue weighted by atomic mass is 16.5. The van der Waals surface area contributed by atoms with Crippen LogP contribution in [0.2, 0.25) is 0 Å². The first kappa shape index (κ1) is 19.1. The highest BCUT2D eigenvalue weighted by Gasteiger charge is 2.09. The maximum atomic E-state index is 5.92. The third kappa shape index (κ3) is 4.95. The third-order valence-corrected chi connectivity index (χ3v) is 4.57. The number of hydrogen-bond acceptors (Lipinski definition) is 5. The van der Waals surface area contributed by atoms with Gasteiger partial charge in [-0.15, -0.1) is 0 Å². The Kier molecular flexibility index (Phi) is 6.59.